The number of rotatable bonds is 3. The second-order valence-corrected chi connectivity index (χ2v) is 4.78. The molecule has 1 fully saturated rings. The Morgan fingerprint density at radius 3 is 2.79 bits per heavy atom. The quantitative estimate of drug-likeness (QED) is 0.835. The van der Waals surface area contributed by atoms with Crippen molar-refractivity contribution in [2.24, 2.45) is 5.92 Å². The average molecular weight is 211 g/mol. The molecule has 1 heterocycles. The Bertz CT molecular complexity index is 279. The van der Waals surface area contributed by atoms with Crippen LogP contribution in [-0.4, -0.2) is 15.9 Å². The molecule has 3 nitrogen and oxygen atoms in total. The summed E-state index contributed by atoms with van der Waals surface area (Å²) in [4.78, 5) is 4.29. The van der Waals surface area contributed by atoms with Crippen molar-refractivity contribution >= 4 is 16.7 Å². The van der Waals surface area contributed by atoms with Gasteiger partial charge in [0, 0.05) is 18.1 Å². The maximum Gasteiger partial charge on any atom is 0.202 e. The minimum atomic E-state index is 0.855. The number of nitrogens with zero attached hydrogens (tertiary/aromatic N) is 2. The molecule has 0 radical (unpaired) electrons. The first-order chi connectivity index (χ1) is 6.84. The molecule has 1 saturated carbocycles. The van der Waals surface area contributed by atoms with Crippen LogP contribution in [0, 0.1) is 12.8 Å². The number of hydrogen-bond donors (Lipinski definition) is 1. The smallest absolute Gasteiger partial charge is 0.202 e. The minimum absolute atomic E-state index is 0.855. The Balaban J connectivity index is 1.76. The Labute approximate surface area is 89.1 Å². The predicted octanol–water partition coefficient (Wildman–Crippen LogP) is 2.84. The molecular weight excluding hydrogens is 194 g/mol. The number of aromatic nitrogens is 2. The van der Waals surface area contributed by atoms with E-state index in [0.717, 1.165) is 23.4 Å². The van der Waals surface area contributed by atoms with Crippen LogP contribution in [-0.2, 0) is 0 Å². The van der Waals surface area contributed by atoms with E-state index < -0.39 is 0 Å². The third-order valence-electron chi connectivity index (χ3n) is 2.79. The summed E-state index contributed by atoms with van der Waals surface area (Å²) < 4.78 is 4.15. The van der Waals surface area contributed by atoms with Gasteiger partial charge in [0.25, 0.3) is 0 Å². The van der Waals surface area contributed by atoms with E-state index in [0.29, 0.717) is 0 Å². The van der Waals surface area contributed by atoms with Gasteiger partial charge in [-0.1, -0.05) is 19.3 Å². The lowest BCUT2D eigenvalue weighted by Crippen LogP contribution is -2.16. The van der Waals surface area contributed by atoms with Crippen LogP contribution in [0.15, 0.2) is 0 Å². The zero-order valence-electron chi connectivity index (χ0n) is 8.62. The first-order valence-electron chi connectivity index (χ1n) is 5.39. The highest BCUT2D eigenvalue weighted by atomic mass is 32.1. The molecule has 0 aliphatic heterocycles. The van der Waals surface area contributed by atoms with Crippen molar-refractivity contribution in [2.45, 2.75) is 39.0 Å². The molecule has 1 N–H and O–H groups in total. The highest BCUT2D eigenvalue weighted by Crippen LogP contribution is 2.24. The normalized spacial score (nSPS) is 18.4. The van der Waals surface area contributed by atoms with Gasteiger partial charge in [-0.05, 0) is 25.7 Å². The van der Waals surface area contributed by atoms with Crippen LogP contribution >= 0.6 is 11.5 Å². The third-order valence-corrected chi connectivity index (χ3v) is 3.56. The molecule has 2 rings (SSSR count). The van der Waals surface area contributed by atoms with Crippen molar-refractivity contribution in [2.75, 3.05) is 11.9 Å². The molecule has 14 heavy (non-hydrogen) atoms. The van der Waals surface area contributed by atoms with Gasteiger partial charge >= 0.3 is 0 Å². The van der Waals surface area contributed by atoms with Crippen LogP contribution in [0.2, 0.25) is 0 Å². The summed E-state index contributed by atoms with van der Waals surface area (Å²) in [5.74, 6) is 1.73. The number of anilines is 1. The molecule has 0 saturated heterocycles. The second kappa shape index (κ2) is 4.73. The van der Waals surface area contributed by atoms with Gasteiger partial charge in [-0.15, -0.1) is 0 Å². The zero-order valence-corrected chi connectivity index (χ0v) is 9.44. The Kier molecular flexibility index (Phi) is 3.35. The van der Waals surface area contributed by atoms with Crippen molar-refractivity contribution in [1.82, 2.24) is 9.36 Å². The standard InChI is InChI=1S/C10H17N3S/c1-8-12-10(14-13-8)11-7-9-5-3-2-4-6-9/h9H,2-7H2,1H3,(H,11,12,13). The van der Waals surface area contributed by atoms with Gasteiger partial charge in [0.05, 0.1) is 0 Å². The lowest BCUT2D eigenvalue weighted by Gasteiger charge is -2.21. The number of aryl methyl sites for hydroxylation is 1. The van der Waals surface area contributed by atoms with Crippen LogP contribution in [0.1, 0.15) is 37.9 Å². The maximum atomic E-state index is 4.29. The summed E-state index contributed by atoms with van der Waals surface area (Å²) in [6.07, 6.45) is 6.99. The SMILES string of the molecule is Cc1nsc(NCC2CCCCC2)n1. The van der Waals surface area contributed by atoms with Crippen LogP contribution in [0.25, 0.3) is 0 Å². The molecule has 1 aliphatic rings. The summed E-state index contributed by atoms with van der Waals surface area (Å²) in [6, 6.07) is 0. The van der Waals surface area contributed by atoms with Gasteiger partial charge in [-0.2, -0.15) is 4.37 Å². The van der Waals surface area contributed by atoms with Crippen molar-refractivity contribution in [3.05, 3.63) is 5.82 Å². The number of nitrogens with one attached hydrogen (secondary N) is 1. The molecule has 0 aromatic carbocycles. The van der Waals surface area contributed by atoms with E-state index in [-0.39, 0.29) is 0 Å². The van der Waals surface area contributed by atoms with E-state index in [1.807, 2.05) is 6.92 Å². The monoisotopic (exact) mass is 211 g/mol. The molecule has 4 heteroatoms. The van der Waals surface area contributed by atoms with Crippen LogP contribution < -0.4 is 5.32 Å². The summed E-state index contributed by atoms with van der Waals surface area (Å²) in [5.41, 5.74) is 0. The zero-order chi connectivity index (χ0) is 9.80. The molecule has 0 amide bonds. The fourth-order valence-corrected chi connectivity index (χ4v) is 2.57. The van der Waals surface area contributed by atoms with Gasteiger partial charge in [0.2, 0.25) is 5.13 Å². The molecule has 0 bridgehead atoms. The van der Waals surface area contributed by atoms with Crippen LogP contribution in [0.5, 0.6) is 0 Å². The molecule has 0 unspecified atom stereocenters. The molecule has 1 aromatic rings. The predicted molar refractivity (Wildman–Crippen MR) is 59.7 cm³/mol. The van der Waals surface area contributed by atoms with Gasteiger partial charge in [0.15, 0.2) is 0 Å². The molecule has 1 aliphatic carbocycles. The van der Waals surface area contributed by atoms with Crippen molar-refractivity contribution in [3.63, 3.8) is 0 Å². The fourth-order valence-electron chi connectivity index (χ4n) is 1.99. The fraction of sp³-hybridized carbons (Fsp3) is 0.800. The van der Waals surface area contributed by atoms with Gasteiger partial charge in [0.1, 0.15) is 5.82 Å². The molecule has 0 spiro atoms. The summed E-state index contributed by atoms with van der Waals surface area (Å²) >= 11 is 1.47. The van der Waals surface area contributed by atoms with Crippen LogP contribution in [0.4, 0.5) is 5.13 Å². The second-order valence-electron chi connectivity index (χ2n) is 4.03. The van der Waals surface area contributed by atoms with Crippen molar-refractivity contribution < 1.29 is 0 Å². The van der Waals surface area contributed by atoms with Gasteiger partial charge in [-0.25, -0.2) is 4.98 Å². The first-order valence-corrected chi connectivity index (χ1v) is 6.16. The van der Waals surface area contributed by atoms with E-state index in [1.165, 1.54) is 43.6 Å². The third kappa shape index (κ3) is 2.67. The summed E-state index contributed by atoms with van der Waals surface area (Å²) in [5, 5.41) is 4.36. The van der Waals surface area contributed by atoms with E-state index >= 15 is 0 Å². The van der Waals surface area contributed by atoms with E-state index in [9.17, 15) is 0 Å². The molecule has 1 aromatic heterocycles. The average Bonchev–Trinajstić information content (AvgIpc) is 2.63. The summed E-state index contributed by atoms with van der Waals surface area (Å²) in [7, 11) is 0. The van der Waals surface area contributed by atoms with E-state index in [4.69, 9.17) is 0 Å². The van der Waals surface area contributed by atoms with Gasteiger partial charge < -0.3 is 5.32 Å². The van der Waals surface area contributed by atoms with E-state index in [2.05, 4.69) is 14.7 Å². The Morgan fingerprint density at radius 1 is 1.36 bits per heavy atom. The highest BCUT2D eigenvalue weighted by molar-refractivity contribution is 7.09. The topological polar surface area (TPSA) is 37.8 Å². The summed E-state index contributed by atoms with van der Waals surface area (Å²) in [6.45, 7) is 3.01. The lowest BCUT2D eigenvalue weighted by atomic mass is 9.89. The molecule has 0 atom stereocenters. The lowest BCUT2D eigenvalue weighted by molar-refractivity contribution is 0.373. The first kappa shape index (κ1) is 9.90. The number of hydrogen-bond acceptors (Lipinski definition) is 4. The minimum Gasteiger partial charge on any atom is -0.360 e. The largest absolute Gasteiger partial charge is 0.360 e. The van der Waals surface area contributed by atoms with Crippen LogP contribution in [0.3, 0.4) is 0 Å². The Morgan fingerprint density at radius 2 is 2.14 bits per heavy atom. The van der Waals surface area contributed by atoms with Gasteiger partial charge in [-0.3, -0.25) is 0 Å². The molecular formula is C10H17N3S. The van der Waals surface area contributed by atoms with Crippen molar-refractivity contribution in [3.8, 4) is 0 Å². The van der Waals surface area contributed by atoms with Crippen molar-refractivity contribution in [1.29, 1.82) is 0 Å². The Hall–Kier alpha value is -0.640. The highest BCUT2D eigenvalue weighted by Gasteiger charge is 2.13. The van der Waals surface area contributed by atoms with E-state index in [1.54, 1.807) is 0 Å². The maximum absolute atomic E-state index is 4.29. The molecule has 78 valence electrons.